The molecule has 2 nitrogen and oxygen atoms in total. The monoisotopic (exact) mass is 267 g/mol. The molecule has 3 heteroatoms. The molecule has 8 unspecified atom stereocenters. The second-order valence-electron chi connectivity index (χ2n) is 8.50. The van der Waals surface area contributed by atoms with Gasteiger partial charge in [-0.25, -0.2) is 0 Å². The molecule has 1 amide bonds. The second kappa shape index (κ2) is 1.82. The van der Waals surface area contributed by atoms with Crippen LogP contribution in [0.5, 0.6) is 0 Å². The summed E-state index contributed by atoms with van der Waals surface area (Å²) >= 11 is 0. The van der Waals surface area contributed by atoms with Crippen molar-refractivity contribution in [3.63, 3.8) is 0 Å². The third kappa shape index (κ3) is 0.410. The van der Waals surface area contributed by atoms with Crippen LogP contribution < -0.4 is 5.73 Å². The first-order valence-corrected chi connectivity index (χ1v) is 9.51. The number of carbonyl (C=O) groups is 1. The van der Waals surface area contributed by atoms with E-state index in [1.54, 1.807) is 11.1 Å². The van der Waals surface area contributed by atoms with Gasteiger partial charge in [-0.3, -0.25) is 4.79 Å². The van der Waals surface area contributed by atoms with E-state index in [0.717, 1.165) is 28.7 Å². The Morgan fingerprint density at radius 2 is 2.26 bits per heavy atom. The predicted octanol–water partition coefficient (Wildman–Crippen LogP) is 1.34. The maximum atomic E-state index is 12.0. The average Bonchev–Trinajstić information content (AvgIpc) is 3.17. The smallest absolute Gasteiger partial charge is 0.224 e. The fourth-order valence-electron chi connectivity index (χ4n) is 9.41. The number of amides is 1. The number of nitrogens with two attached hydrogens (primary N) is 1. The molecule has 8 atom stereocenters. The standard InChI is InChI=1S/C16H17NOSi/c1-6-4-19(5-7(6)2)16-9-8-3-13(16)11-14(8,12(17)18)15(11,13)10(9)16/h4,8-11H,3,5H2,1-2H3,(H2,17,18). The Bertz CT molecular complexity index is 746. The fourth-order valence-corrected chi connectivity index (χ4v) is 14.2. The van der Waals surface area contributed by atoms with Gasteiger partial charge in [0.25, 0.3) is 0 Å². The van der Waals surface area contributed by atoms with Crippen LogP contribution in [0.15, 0.2) is 11.1 Å². The molecule has 9 rings (SSSR count). The maximum Gasteiger partial charge on any atom is 0.224 e. The summed E-state index contributed by atoms with van der Waals surface area (Å²) < 4.78 is 0. The lowest BCUT2D eigenvalue weighted by atomic mass is 9.65. The Labute approximate surface area is 113 Å². The van der Waals surface area contributed by atoms with Gasteiger partial charge in [-0.1, -0.05) is 16.8 Å². The van der Waals surface area contributed by atoms with Crippen LogP contribution in [0.3, 0.4) is 0 Å². The summed E-state index contributed by atoms with van der Waals surface area (Å²) in [5.74, 6) is 3.48. The van der Waals surface area contributed by atoms with E-state index in [2.05, 4.69) is 19.5 Å². The summed E-state index contributed by atoms with van der Waals surface area (Å²) in [5, 5.41) is 0.767. The Balaban J connectivity index is 1.41. The molecule has 96 valence electrons. The number of carbonyl (C=O) groups excluding carboxylic acids is 1. The molecule has 8 fully saturated rings. The highest BCUT2D eigenvalue weighted by atomic mass is 28.2. The van der Waals surface area contributed by atoms with Gasteiger partial charge in [0.1, 0.15) is 0 Å². The molecule has 8 saturated carbocycles. The highest BCUT2D eigenvalue weighted by Crippen LogP contribution is 3.33. The molecule has 8 aliphatic carbocycles. The van der Waals surface area contributed by atoms with Crippen molar-refractivity contribution in [3.05, 3.63) is 11.1 Å². The highest BCUT2D eigenvalue weighted by Gasteiger charge is 3.31. The van der Waals surface area contributed by atoms with Crippen LogP contribution in [0.2, 0.25) is 11.1 Å². The second-order valence-corrected chi connectivity index (χ2v) is 11.0. The first-order valence-electron chi connectivity index (χ1n) is 7.73. The van der Waals surface area contributed by atoms with Crippen LogP contribution >= 0.6 is 0 Å². The molecule has 1 aliphatic heterocycles. The first-order chi connectivity index (χ1) is 9.05. The lowest BCUT2D eigenvalue weighted by molar-refractivity contribution is -0.129. The molecule has 19 heavy (non-hydrogen) atoms. The quantitative estimate of drug-likeness (QED) is 0.754. The van der Waals surface area contributed by atoms with Crippen molar-refractivity contribution in [3.8, 4) is 0 Å². The zero-order valence-corrected chi connectivity index (χ0v) is 12.3. The van der Waals surface area contributed by atoms with Crippen LogP contribution in [0, 0.1) is 39.9 Å². The average molecular weight is 267 g/mol. The number of rotatable bonds is 2. The van der Waals surface area contributed by atoms with Gasteiger partial charge < -0.3 is 5.73 Å². The van der Waals surface area contributed by atoms with Gasteiger partial charge in [0.15, 0.2) is 0 Å². The topological polar surface area (TPSA) is 43.1 Å². The molecule has 0 aromatic heterocycles. The zero-order chi connectivity index (χ0) is 12.7. The minimum Gasteiger partial charge on any atom is -0.369 e. The van der Waals surface area contributed by atoms with Crippen molar-refractivity contribution in [2.45, 2.75) is 31.4 Å². The third-order valence-electron chi connectivity index (χ3n) is 9.17. The van der Waals surface area contributed by atoms with Crippen molar-refractivity contribution < 1.29 is 4.79 Å². The molecular weight excluding hydrogens is 250 g/mol. The van der Waals surface area contributed by atoms with Crippen LogP contribution in [0.25, 0.3) is 0 Å². The predicted molar refractivity (Wildman–Crippen MR) is 72.8 cm³/mol. The summed E-state index contributed by atoms with van der Waals surface area (Å²) in [6, 6.07) is 1.41. The molecule has 1 heterocycles. The molecule has 0 radical (unpaired) electrons. The van der Waals surface area contributed by atoms with E-state index in [0.29, 0.717) is 10.8 Å². The van der Waals surface area contributed by atoms with Crippen molar-refractivity contribution in [2.75, 3.05) is 0 Å². The van der Waals surface area contributed by atoms with Gasteiger partial charge in [0, 0.05) is 8.41 Å². The lowest BCUT2D eigenvalue weighted by Crippen LogP contribution is -2.49. The van der Waals surface area contributed by atoms with E-state index in [-0.39, 0.29) is 19.7 Å². The normalized spacial score (nSPS) is 73.7. The summed E-state index contributed by atoms with van der Waals surface area (Å²) in [7, 11) is -0.320. The van der Waals surface area contributed by atoms with Crippen LogP contribution in [0.1, 0.15) is 20.3 Å². The molecule has 9 aliphatic rings. The Kier molecular flexibility index (Phi) is 0.886. The maximum absolute atomic E-state index is 12.0. The van der Waals surface area contributed by atoms with Gasteiger partial charge in [-0.15, -0.1) is 0 Å². The minimum atomic E-state index is -0.320. The van der Waals surface area contributed by atoms with Crippen LogP contribution in [-0.4, -0.2) is 20.0 Å². The van der Waals surface area contributed by atoms with E-state index in [9.17, 15) is 4.79 Å². The first kappa shape index (κ1) is 9.27. The van der Waals surface area contributed by atoms with E-state index in [4.69, 9.17) is 5.73 Å². The molecular formula is C16H17NOSi. The van der Waals surface area contributed by atoms with Gasteiger partial charge in [-0.2, -0.15) is 0 Å². The molecule has 2 N–H and O–H groups in total. The molecule has 4 bridgehead atoms. The highest BCUT2D eigenvalue weighted by molar-refractivity contribution is 6.75. The summed E-state index contributed by atoms with van der Waals surface area (Å²) in [6.45, 7) is 4.63. The summed E-state index contributed by atoms with van der Waals surface area (Å²) in [4.78, 5) is 12.0. The largest absolute Gasteiger partial charge is 0.369 e. The lowest BCUT2D eigenvalue weighted by Gasteiger charge is -2.47. The minimum absolute atomic E-state index is 0.0582. The third-order valence-corrected chi connectivity index (χ3v) is 13.0. The van der Waals surface area contributed by atoms with E-state index in [1.807, 2.05) is 0 Å². The van der Waals surface area contributed by atoms with Crippen LogP contribution in [0.4, 0.5) is 0 Å². The van der Waals surface area contributed by atoms with Gasteiger partial charge in [-0.05, 0) is 65.9 Å². The zero-order valence-electron chi connectivity index (χ0n) is 11.3. The van der Waals surface area contributed by atoms with E-state index >= 15 is 0 Å². The van der Waals surface area contributed by atoms with Crippen molar-refractivity contribution in [2.24, 2.45) is 45.7 Å². The summed E-state index contributed by atoms with van der Waals surface area (Å²) in [5.41, 5.74) is 12.9. The Hall–Kier alpha value is -0.703. The fraction of sp³-hybridized carbons (Fsp3) is 0.750. The molecule has 0 aromatic carbocycles. The summed E-state index contributed by atoms with van der Waals surface area (Å²) in [6.07, 6.45) is 1.39. The van der Waals surface area contributed by atoms with Gasteiger partial charge in [0.2, 0.25) is 5.91 Å². The molecule has 2 spiro atoms. The van der Waals surface area contributed by atoms with Crippen LogP contribution in [-0.2, 0) is 4.79 Å². The molecule has 0 aromatic rings. The molecule has 0 saturated heterocycles. The van der Waals surface area contributed by atoms with Gasteiger partial charge >= 0.3 is 0 Å². The number of hydrogen-bond donors (Lipinski definition) is 1. The number of hydrogen-bond acceptors (Lipinski definition) is 1. The van der Waals surface area contributed by atoms with E-state index < -0.39 is 0 Å². The van der Waals surface area contributed by atoms with Crippen molar-refractivity contribution >= 4 is 20.0 Å². The number of allylic oxidation sites excluding steroid dienone is 2. The van der Waals surface area contributed by atoms with Gasteiger partial charge in [0.05, 0.1) is 5.41 Å². The SMILES string of the molecule is CC1=C(C)C[Si](C23C4C5CC26C2C5(C(N)=O)C26C43)=C1. The Morgan fingerprint density at radius 1 is 1.47 bits per heavy atom. The van der Waals surface area contributed by atoms with Crippen molar-refractivity contribution in [1.29, 1.82) is 0 Å². The number of primary amides is 1. The Morgan fingerprint density at radius 3 is 2.68 bits per heavy atom. The van der Waals surface area contributed by atoms with Crippen molar-refractivity contribution in [1.82, 2.24) is 0 Å². The van der Waals surface area contributed by atoms with E-state index in [1.165, 1.54) is 12.5 Å².